The molecule has 2 nitrogen and oxygen atoms in total. The minimum absolute atomic E-state index is 0.00757. The predicted molar refractivity (Wildman–Crippen MR) is 86.8 cm³/mol. The van der Waals surface area contributed by atoms with Crippen molar-refractivity contribution < 1.29 is 9.13 Å². The molecule has 0 heterocycles. The van der Waals surface area contributed by atoms with Gasteiger partial charge in [-0.05, 0) is 42.8 Å². The van der Waals surface area contributed by atoms with Crippen LogP contribution in [0.4, 0.5) is 10.1 Å². The monoisotopic (exact) mass is 401 g/mol. The van der Waals surface area contributed by atoms with Crippen LogP contribution in [0.3, 0.4) is 0 Å². The average Bonchev–Trinajstić information content (AvgIpc) is 2.38. The van der Waals surface area contributed by atoms with Gasteiger partial charge in [-0.1, -0.05) is 37.9 Å². The zero-order chi connectivity index (χ0) is 14.7. The van der Waals surface area contributed by atoms with E-state index in [2.05, 4.69) is 37.2 Å². The van der Waals surface area contributed by atoms with Crippen LogP contribution in [0, 0.1) is 5.82 Å². The van der Waals surface area contributed by atoms with Crippen molar-refractivity contribution in [3.63, 3.8) is 0 Å². The van der Waals surface area contributed by atoms with E-state index in [9.17, 15) is 4.39 Å². The Bertz CT molecular complexity index is 619. The highest BCUT2D eigenvalue weighted by atomic mass is 79.9. The molecule has 0 amide bonds. The Balaban J connectivity index is 2.27. The van der Waals surface area contributed by atoms with Gasteiger partial charge in [0.1, 0.15) is 11.6 Å². The molecule has 0 saturated heterocycles. The molecule has 20 heavy (non-hydrogen) atoms. The molecular formula is C15H14Br2FNO. The Hall–Kier alpha value is -1.07. The molecule has 0 saturated carbocycles. The number of halogens is 3. The molecular weight excluding hydrogens is 389 g/mol. The van der Waals surface area contributed by atoms with Gasteiger partial charge in [0.25, 0.3) is 0 Å². The SMILES string of the molecule is COc1ccc(Br)cc1NC(C)c1ccc(F)cc1Br. The Labute approximate surface area is 134 Å². The summed E-state index contributed by atoms with van der Waals surface area (Å²) in [5, 5.41) is 3.37. The lowest BCUT2D eigenvalue weighted by Crippen LogP contribution is -2.08. The van der Waals surface area contributed by atoms with Gasteiger partial charge in [0, 0.05) is 15.0 Å². The summed E-state index contributed by atoms with van der Waals surface area (Å²) in [6.45, 7) is 2.01. The van der Waals surface area contributed by atoms with Crippen molar-refractivity contribution in [1.29, 1.82) is 0 Å². The summed E-state index contributed by atoms with van der Waals surface area (Å²) < 4.78 is 20.2. The van der Waals surface area contributed by atoms with Gasteiger partial charge in [-0.2, -0.15) is 0 Å². The van der Waals surface area contributed by atoms with E-state index in [1.807, 2.05) is 25.1 Å². The van der Waals surface area contributed by atoms with Crippen molar-refractivity contribution in [2.45, 2.75) is 13.0 Å². The first kappa shape index (κ1) is 15.3. The van der Waals surface area contributed by atoms with E-state index in [-0.39, 0.29) is 11.9 Å². The summed E-state index contributed by atoms with van der Waals surface area (Å²) in [6, 6.07) is 10.4. The molecule has 0 fully saturated rings. The molecule has 0 radical (unpaired) electrons. The van der Waals surface area contributed by atoms with Crippen LogP contribution in [-0.2, 0) is 0 Å². The third kappa shape index (κ3) is 3.52. The molecule has 0 bridgehead atoms. The summed E-state index contributed by atoms with van der Waals surface area (Å²) in [4.78, 5) is 0. The maximum atomic E-state index is 13.1. The average molecular weight is 403 g/mol. The molecule has 106 valence electrons. The maximum absolute atomic E-state index is 13.1. The van der Waals surface area contributed by atoms with Crippen LogP contribution in [0.2, 0.25) is 0 Å². The van der Waals surface area contributed by atoms with E-state index in [4.69, 9.17) is 4.74 Å². The van der Waals surface area contributed by atoms with Crippen LogP contribution >= 0.6 is 31.9 Å². The Morgan fingerprint density at radius 1 is 1.15 bits per heavy atom. The lowest BCUT2D eigenvalue weighted by Gasteiger charge is -2.19. The quantitative estimate of drug-likeness (QED) is 0.725. The predicted octanol–water partition coefficient (Wildman–Crippen LogP) is 5.53. The van der Waals surface area contributed by atoms with Gasteiger partial charge in [-0.25, -0.2) is 4.39 Å². The van der Waals surface area contributed by atoms with Crippen molar-refractivity contribution in [2.24, 2.45) is 0 Å². The molecule has 1 unspecified atom stereocenters. The second-order valence-corrected chi connectivity index (χ2v) is 6.15. The highest BCUT2D eigenvalue weighted by Gasteiger charge is 2.12. The van der Waals surface area contributed by atoms with E-state index in [1.165, 1.54) is 12.1 Å². The van der Waals surface area contributed by atoms with Crippen molar-refractivity contribution in [2.75, 3.05) is 12.4 Å². The Morgan fingerprint density at radius 2 is 1.90 bits per heavy atom. The molecule has 0 aliphatic rings. The zero-order valence-corrected chi connectivity index (χ0v) is 14.3. The zero-order valence-electron chi connectivity index (χ0n) is 11.1. The van der Waals surface area contributed by atoms with Gasteiger partial charge >= 0.3 is 0 Å². The number of hydrogen-bond donors (Lipinski definition) is 1. The number of benzene rings is 2. The molecule has 2 aromatic carbocycles. The first-order valence-corrected chi connectivity index (χ1v) is 7.65. The molecule has 2 rings (SSSR count). The molecule has 0 aliphatic carbocycles. The minimum atomic E-state index is -0.257. The van der Waals surface area contributed by atoms with Crippen molar-refractivity contribution in [3.05, 3.63) is 56.7 Å². The van der Waals surface area contributed by atoms with Crippen LogP contribution in [0.1, 0.15) is 18.5 Å². The fourth-order valence-corrected chi connectivity index (χ4v) is 3.01. The summed E-state index contributed by atoms with van der Waals surface area (Å²) in [5.41, 5.74) is 1.86. The van der Waals surface area contributed by atoms with E-state index >= 15 is 0 Å². The first-order chi connectivity index (χ1) is 9.51. The number of anilines is 1. The van der Waals surface area contributed by atoms with Gasteiger partial charge in [-0.3, -0.25) is 0 Å². The summed E-state index contributed by atoms with van der Waals surface area (Å²) in [6.07, 6.45) is 0. The number of nitrogens with one attached hydrogen (secondary N) is 1. The third-order valence-electron chi connectivity index (χ3n) is 2.96. The topological polar surface area (TPSA) is 21.3 Å². The second kappa shape index (κ2) is 6.59. The largest absolute Gasteiger partial charge is 0.495 e. The second-order valence-electron chi connectivity index (χ2n) is 4.38. The lowest BCUT2D eigenvalue weighted by atomic mass is 10.1. The highest BCUT2D eigenvalue weighted by molar-refractivity contribution is 9.10. The fourth-order valence-electron chi connectivity index (χ4n) is 1.96. The van der Waals surface area contributed by atoms with Crippen LogP contribution in [-0.4, -0.2) is 7.11 Å². The van der Waals surface area contributed by atoms with Gasteiger partial charge in [0.05, 0.1) is 12.8 Å². The van der Waals surface area contributed by atoms with Gasteiger partial charge in [0.15, 0.2) is 0 Å². The highest BCUT2D eigenvalue weighted by Crippen LogP contribution is 2.33. The van der Waals surface area contributed by atoms with E-state index in [1.54, 1.807) is 13.2 Å². The molecule has 0 aliphatic heterocycles. The summed E-state index contributed by atoms with van der Waals surface area (Å²) in [5.74, 6) is 0.506. The number of methoxy groups -OCH3 is 1. The minimum Gasteiger partial charge on any atom is -0.495 e. The molecule has 1 N–H and O–H groups in total. The van der Waals surface area contributed by atoms with E-state index in [0.29, 0.717) is 0 Å². The number of rotatable bonds is 4. The molecule has 0 spiro atoms. The lowest BCUT2D eigenvalue weighted by molar-refractivity contribution is 0.416. The van der Waals surface area contributed by atoms with Gasteiger partial charge in [0.2, 0.25) is 0 Å². The number of ether oxygens (including phenoxy) is 1. The van der Waals surface area contributed by atoms with Gasteiger partial charge in [-0.15, -0.1) is 0 Å². The molecule has 0 aromatic heterocycles. The van der Waals surface area contributed by atoms with E-state index < -0.39 is 0 Å². The van der Waals surface area contributed by atoms with Crippen LogP contribution in [0.15, 0.2) is 45.3 Å². The smallest absolute Gasteiger partial charge is 0.142 e. The summed E-state index contributed by atoms with van der Waals surface area (Å²) >= 11 is 6.83. The van der Waals surface area contributed by atoms with Crippen molar-refractivity contribution >= 4 is 37.5 Å². The van der Waals surface area contributed by atoms with E-state index in [0.717, 1.165) is 25.9 Å². The third-order valence-corrected chi connectivity index (χ3v) is 4.14. The maximum Gasteiger partial charge on any atom is 0.142 e. The first-order valence-electron chi connectivity index (χ1n) is 6.06. The van der Waals surface area contributed by atoms with Crippen LogP contribution < -0.4 is 10.1 Å². The van der Waals surface area contributed by atoms with Crippen LogP contribution in [0.25, 0.3) is 0 Å². The standard InChI is InChI=1S/C15H14Br2FNO/c1-9(12-5-4-11(18)8-13(12)17)19-14-7-10(16)3-6-15(14)20-2/h3-9,19H,1-2H3. The van der Waals surface area contributed by atoms with Gasteiger partial charge < -0.3 is 10.1 Å². The van der Waals surface area contributed by atoms with Crippen molar-refractivity contribution in [1.82, 2.24) is 0 Å². The Kier molecular flexibility index (Phi) is 5.05. The Morgan fingerprint density at radius 3 is 2.55 bits per heavy atom. The summed E-state index contributed by atoms with van der Waals surface area (Å²) in [7, 11) is 1.63. The molecule has 5 heteroatoms. The van der Waals surface area contributed by atoms with Crippen molar-refractivity contribution in [3.8, 4) is 5.75 Å². The number of hydrogen-bond acceptors (Lipinski definition) is 2. The normalized spacial score (nSPS) is 12.1. The fraction of sp³-hybridized carbons (Fsp3) is 0.200. The van der Waals surface area contributed by atoms with Crippen LogP contribution in [0.5, 0.6) is 5.75 Å². The molecule has 2 aromatic rings. The molecule has 1 atom stereocenters.